The molecule has 4 rings (SSSR count). The van der Waals surface area contributed by atoms with Gasteiger partial charge in [-0.3, -0.25) is 4.79 Å². The molecule has 1 amide bonds. The second-order valence-electron chi connectivity index (χ2n) is 6.75. The van der Waals surface area contributed by atoms with Gasteiger partial charge >= 0.3 is 0 Å². The van der Waals surface area contributed by atoms with Crippen LogP contribution in [0.5, 0.6) is 0 Å². The van der Waals surface area contributed by atoms with Gasteiger partial charge in [0.1, 0.15) is 5.82 Å². The van der Waals surface area contributed by atoms with Crippen LogP contribution in [0.3, 0.4) is 0 Å². The number of carbonyl (C=O) groups is 1. The standard InChI is InChI=1S/C23H20BrN3O/c1-16-10-12-17(13-11-16)15-27-21-9-5-4-8-20(21)26-22(27)14-25-23(28)18-6-2-3-7-19(18)24/h2-13H,14-15H2,1H3,(H,25,28). The van der Waals surface area contributed by atoms with Gasteiger partial charge in [0.25, 0.3) is 5.91 Å². The van der Waals surface area contributed by atoms with E-state index in [4.69, 9.17) is 4.98 Å². The first-order valence-electron chi connectivity index (χ1n) is 9.14. The van der Waals surface area contributed by atoms with Crippen molar-refractivity contribution in [3.8, 4) is 0 Å². The quantitative estimate of drug-likeness (QED) is 0.476. The Balaban J connectivity index is 1.62. The van der Waals surface area contributed by atoms with Gasteiger partial charge in [-0.15, -0.1) is 0 Å². The lowest BCUT2D eigenvalue weighted by molar-refractivity contribution is 0.0949. The third-order valence-electron chi connectivity index (χ3n) is 4.72. The minimum atomic E-state index is -0.124. The first-order valence-corrected chi connectivity index (χ1v) is 9.93. The maximum atomic E-state index is 12.6. The highest BCUT2D eigenvalue weighted by molar-refractivity contribution is 9.10. The molecule has 0 radical (unpaired) electrons. The van der Waals surface area contributed by atoms with Gasteiger partial charge in [0.05, 0.1) is 23.1 Å². The fourth-order valence-corrected chi connectivity index (χ4v) is 3.68. The minimum Gasteiger partial charge on any atom is -0.345 e. The number of fused-ring (bicyclic) bond motifs is 1. The van der Waals surface area contributed by atoms with Crippen molar-refractivity contribution in [3.63, 3.8) is 0 Å². The number of amides is 1. The minimum absolute atomic E-state index is 0.124. The number of carbonyl (C=O) groups excluding carboxylic acids is 1. The van der Waals surface area contributed by atoms with Crippen molar-refractivity contribution in [1.82, 2.24) is 14.9 Å². The van der Waals surface area contributed by atoms with Crippen molar-refractivity contribution in [2.45, 2.75) is 20.0 Å². The van der Waals surface area contributed by atoms with E-state index in [1.54, 1.807) is 6.07 Å². The highest BCUT2D eigenvalue weighted by Crippen LogP contribution is 2.19. The van der Waals surface area contributed by atoms with Crippen LogP contribution in [0.15, 0.2) is 77.3 Å². The van der Waals surface area contributed by atoms with Crippen LogP contribution in [-0.4, -0.2) is 15.5 Å². The molecule has 0 saturated heterocycles. The lowest BCUT2D eigenvalue weighted by Gasteiger charge is -2.11. The van der Waals surface area contributed by atoms with Crippen molar-refractivity contribution < 1.29 is 4.79 Å². The molecular weight excluding hydrogens is 414 g/mol. The largest absolute Gasteiger partial charge is 0.345 e. The molecule has 5 heteroatoms. The van der Waals surface area contributed by atoms with Crippen molar-refractivity contribution in [2.75, 3.05) is 0 Å². The predicted molar refractivity (Wildman–Crippen MR) is 115 cm³/mol. The molecule has 0 saturated carbocycles. The predicted octanol–water partition coefficient (Wildman–Crippen LogP) is 5.09. The maximum Gasteiger partial charge on any atom is 0.252 e. The number of hydrogen-bond acceptors (Lipinski definition) is 2. The molecule has 0 bridgehead atoms. The third kappa shape index (κ3) is 3.85. The van der Waals surface area contributed by atoms with Crippen LogP contribution in [0.25, 0.3) is 11.0 Å². The lowest BCUT2D eigenvalue weighted by atomic mass is 10.1. The molecule has 1 heterocycles. The monoisotopic (exact) mass is 433 g/mol. The average molecular weight is 434 g/mol. The summed E-state index contributed by atoms with van der Waals surface area (Å²) in [4.78, 5) is 17.3. The van der Waals surface area contributed by atoms with E-state index in [2.05, 4.69) is 63.1 Å². The van der Waals surface area contributed by atoms with Gasteiger partial charge in [-0.1, -0.05) is 54.1 Å². The number of nitrogens with zero attached hydrogens (tertiary/aromatic N) is 2. The summed E-state index contributed by atoms with van der Waals surface area (Å²) in [7, 11) is 0. The molecule has 0 aliphatic carbocycles. The number of hydrogen-bond donors (Lipinski definition) is 1. The first-order chi connectivity index (χ1) is 13.6. The van der Waals surface area contributed by atoms with Crippen molar-refractivity contribution in [1.29, 1.82) is 0 Å². The molecule has 0 atom stereocenters. The summed E-state index contributed by atoms with van der Waals surface area (Å²) in [6, 6.07) is 24.0. The zero-order chi connectivity index (χ0) is 19.5. The average Bonchev–Trinajstić information content (AvgIpc) is 3.06. The Labute approximate surface area is 172 Å². The molecule has 1 N–H and O–H groups in total. The lowest BCUT2D eigenvalue weighted by Crippen LogP contribution is -2.25. The Morgan fingerprint density at radius 1 is 1.00 bits per heavy atom. The van der Waals surface area contributed by atoms with Crippen LogP contribution in [0.4, 0.5) is 0 Å². The molecule has 0 spiro atoms. The molecule has 0 fully saturated rings. The SMILES string of the molecule is Cc1ccc(Cn2c(CNC(=O)c3ccccc3Br)nc3ccccc32)cc1. The Bertz CT molecular complexity index is 1130. The van der Waals surface area contributed by atoms with Gasteiger partial charge in [-0.2, -0.15) is 0 Å². The summed E-state index contributed by atoms with van der Waals surface area (Å²) in [5, 5.41) is 3.00. The van der Waals surface area contributed by atoms with E-state index >= 15 is 0 Å². The number of aryl methyl sites for hydroxylation is 1. The fourth-order valence-electron chi connectivity index (χ4n) is 3.21. The Morgan fingerprint density at radius 3 is 2.50 bits per heavy atom. The van der Waals surface area contributed by atoms with Crippen molar-refractivity contribution in [3.05, 3.63) is 99.8 Å². The van der Waals surface area contributed by atoms with Gasteiger partial charge in [0.2, 0.25) is 0 Å². The van der Waals surface area contributed by atoms with E-state index in [1.807, 2.05) is 36.4 Å². The Kier molecular flexibility index (Phi) is 5.26. The second kappa shape index (κ2) is 7.98. The van der Waals surface area contributed by atoms with Gasteiger partial charge in [0.15, 0.2) is 0 Å². The van der Waals surface area contributed by atoms with Crippen molar-refractivity contribution >= 4 is 32.9 Å². The number of benzene rings is 3. The van der Waals surface area contributed by atoms with Crippen molar-refractivity contribution in [2.24, 2.45) is 0 Å². The summed E-state index contributed by atoms with van der Waals surface area (Å²) in [6.07, 6.45) is 0. The molecule has 3 aromatic carbocycles. The first kappa shape index (κ1) is 18.4. The molecule has 140 valence electrons. The second-order valence-corrected chi connectivity index (χ2v) is 7.61. The smallest absolute Gasteiger partial charge is 0.252 e. The fraction of sp³-hybridized carbons (Fsp3) is 0.130. The number of rotatable bonds is 5. The highest BCUT2D eigenvalue weighted by Gasteiger charge is 2.14. The molecular formula is C23H20BrN3O. The Hall–Kier alpha value is -2.92. The number of aromatic nitrogens is 2. The maximum absolute atomic E-state index is 12.6. The van der Waals surface area contributed by atoms with Crippen LogP contribution in [-0.2, 0) is 13.1 Å². The van der Waals surface area contributed by atoms with Crippen LogP contribution in [0, 0.1) is 6.92 Å². The molecule has 4 aromatic rings. The number of imidazole rings is 1. The van der Waals surface area contributed by atoms with E-state index in [1.165, 1.54) is 11.1 Å². The van der Waals surface area contributed by atoms with E-state index in [-0.39, 0.29) is 5.91 Å². The summed E-state index contributed by atoms with van der Waals surface area (Å²) in [5.74, 6) is 0.712. The Morgan fingerprint density at radius 2 is 1.71 bits per heavy atom. The summed E-state index contributed by atoms with van der Waals surface area (Å²) >= 11 is 3.43. The van der Waals surface area contributed by atoms with Crippen LogP contribution in [0.2, 0.25) is 0 Å². The third-order valence-corrected chi connectivity index (χ3v) is 5.41. The van der Waals surface area contributed by atoms with E-state index in [9.17, 15) is 4.79 Å². The number of para-hydroxylation sites is 2. The van der Waals surface area contributed by atoms with Crippen LogP contribution in [0.1, 0.15) is 27.3 Å². The van der Waals surface area contributed by atoms with Crippen LogP contribution < -0.4 is 5.32 Å². The van der Waals surface area contributed by atoms with Crippen LogP contribution >= 0.6 is 15.9 Å². The zero-order valence-corrected chi connectivity index (χ0v) is 17.1. The number of halogens is 1. The molecule has 4 nitrogen and oxygen atoms in total. The van der Waals surface area contributed by atoms with E-state index in [0.29, 0.717) is 18.7 Å². The molecule has 0 aliphatic heterocycles. The summed E-state index contributed by atoms with van der Waals surface area (Å²) < 4.78 is 2.95. The highest BCUT2D eigenvalue weighted by atomic mass is 79.9. The van der Waals surface area contributed by atoms with E-state index < -0.39 is 0 Å². The summed E-state index contributed by atoms with van der Waals surface area (Å²) in [6.45, 7) is 3.15. The topological polar surface area (TPSA) is 46.9 Å². The summed E-state index contributed by atoms with van der Waals surface area (Å²) in [5.41, 5.74) is 5.05. The zero-order valence-electron chi connectivity index (χ0n) is 15.5. The normalized spacial score (nSPS) is 10.9. The molecule has 0 aliphatic rings. The molecule has 1 aromatic heterocycles. The molecule has 28 heavy (non-hydrogen) atoms. The van der Waals surface area contributed by atoms with E-state index in [0.717, 1.165) is 21.3 Å². The molecule has 0 unspecified atom stereocenters. The van der Waals surface area contributed by atoms with Gasteiger partial charge in [-0.05, 0) is 52.7 Å². The number of nitrogens with one attached hydrogen (secondary N) is 1. The van der Waals surface area contributed by atoms with Gasteiger partial charge in [0, 0.05) is 11.0 Å². The van der Waals surface area contributed by atoms with Gasteiger partial charge < -0.3 is 9.88 Å². The van der Waals surface area contributed by atoms with Gasteiger partial charge in [-0.25, -0.2) is 4.98 Å².